The quantitative estimate of drug-likeness (QED) is 0.551. The van der Waals surface area contributed by atoms with Gasteiger partial charge >= 0.3 is 0 Å². The van der Waals surface area contributed by atoms with E-state index in [4.69, 9.17) is 5.11 Å². The minimum atomic E-state index is -1.31. The lowest BCUT2D eigenvalue weighted by atomic mass is 10.0. The number of rotatable bonds is 8. The van der Waals surface area contributed by atoms with Crippen LogP contribution in [0.3, 0.4) is 0 Å². The average molecular weight is 308 g/mol. The molecule has 2 amide bonds. The van der Waals surface area contributed by atoms with Crippen LogP contribution < -0.4 is 10.6 Å². The molecule has 4 N–H and O–H groups in total. The van der Waals surface area contributed by atoms with Crippen LogP contribution in [0.5, 0.6) is 0 Å². The maximum absolute atomic E-state index is 12.2. The minimum absolute atomic E-state index is 0.0533. The smallest absolute Gasteiger partial charge is 0.249 e. The number of benzene rings is 1. The van der Waals surface area contributed by atoms with E-state index in [0.29, 0.717) is 6.54 Å². The topological polar surface area (TPSA) is 98.7 Å². The Hall–Kier alpha value is -1.92. The molecule has 22 heavy (non-hydrogen) atoms. The second kappa shape index (κ2) is 9.17. The molecule has 1 rings (SSSR count). The number of nitrogens with one attached hydrogen (secondary N) is 2. The van der Waals surface area contributed by atoms with E-state index < -0.39 is 18.1 Å². The molecule has 0 bridgehead atoms. The number of hydrogen-bond donors (Lipinski definition) is 4. The van der Waals surface area contributed by atoms with Gasteiger partial charge in [0.2, 0.25) is 11.8 Å². The summed E-state index contributed by atoms with van der Waals surface area (Å²) in [5.74, 6) is -1.08. The van der Waals surface area contributed by atoms with Gasteiger partial charge in [0, 0.05) is 19.6 Å². The summed E-state index contributed by atoms with van der Waals surface area (Å²) < 4.78 is 0. The van der Waals surface area contributed by atoms with E-state index in [1.165, 1.54) is 0 Å². The lowest BCUT2D eigenvalue weighted by Gasteiger charge is -2.23. The zero-order chi connectivity index (χ0) is 16.5. The molecule has 0 aliphatic carbocycles. The third-order valence-corrected chi connectivity index (χ3v) is 3.26. The second-order valence-corrected chi connectivity index (χ2v) is 5.46. The van der Waals surface area contributed by atoms with Gasteiger partial charge in [-0.1, -0.05) is 44.2 Å². The predicted molar refractivity (Wildman–Crippen MR) is 82.8 cm³/mol. The maximum Gasteiger partial charge on any atom is 0.249 e. The lowest BCUT2D eigenvalue weighted by molar-refractivity contribution is -0.135. The van der Waals surface area contributed by atoms with Crippen molar-refractivity contribution in [3.05, 3.63) is 35.9 Å². The molecule has 0 aromatic heterocycles. The highest BCUT2D eigenvalue weighted by Gasteiger charge is 2.26. The van der Waals surface area contributed by atoms with Crippen LogP contribution in [-0.4, -0.2) is 40.8 Å². The van der Waals surface area contributed by atoms with Crippen molar-refractivity contribution in [3.63, 3.8) is 0 Å². The highest BCUT2D eigenvalue weighted by molar-refractivity contribution is 5.89. The predicted octanol–water partition coefficient (Wildman–Crippen LogP) is 0.187. The summed E-state index contributed by atoms with van der Waals surface area (Å²) in [5, 5.41) is 23.6. The first-order chi connectivity index (χ1) is 10.5. The highest BCUT2D eigenvalue weighted by atomic mass is 16.3. The first-order valence-corrected chi connectivity index (χ1v) is 7.36. The monoisotopic (exact) mass is 308 g/mol. The molecule has 6 heteroatoms. The maximum atomic E-state index is 12.2. The normalized spacial score (nSPS) is 13.5. The molecule has 0 spiro atoms. The summed E-state index contributed by atoms with van der Waals surface area (Å²) >= 11 is 0. The molecule has 122 valence electrons. The Balaban J connectivity index is 2.58. The van der Waals surface area contributed by atoms with Gasteiger partial charge in [0.1, 0.15) is 12.1 Å². The number of aliphatic hydroxyl groups is 2. The van der Waals surface area contributed by atoms with Crippen LogP contribution in [0.1, 0.15) is 25.8 Å². The van der Waals surface area contributed by atoms with Crippen molar-refractivity contribution >= 4 is 11.8 Å². The van der Waals surface area contributed by atoms with E-state index in [9.17, 15) is 14.7 Å². The van der Waals surface area contributed by atoms with E-state index in [-0.39, 0.29) is 24.9 Å². The van der Waals surface area contributed by atoms with Gasteiger partial charge < -0.3 is 20.8 Å². The van der Waals surface area contributed by atoms with Gasteiger partial charge in [0.05, 0.1) is 0 Å². The van der Waals surface area contributed by atoms with Crippen molar-refractivity contribution in [3.8, 4) is 0 Å². The Morgan fingerprint density at radius 1 is 1.14 bits per heavy atom. The van der Waals surface area contributed by atoms with Gasteiger partial charge in [0.25, 0.3) is 0 Å². The van der Waals surface area contributed by atoms with Crippen LogP contribution in [0.25, 0.3) is 0 Å². The van der Waals surface area contributed by atoms with E-state index in [1.807, 2.05) is 44.2 Å². The molecule has 0 heterocycles. The molecule has 6 nitrogen and oxygen atoms in total. The van der Waals surface area contributed by atoms with Crippen LogP contribution in [0.2, 0.25) is 0 Å². The van der Waals surface area contributed by atoms with E-state index in [2.05, 4.69) is 10.6 Å². The first kappa shape index (κ1) is 18.1. The van der Waals surface area contributed by atoms with Crippen molar-refractivity contribution in [1.29, 1.82) is 0 Å². The highest BCUT2D eigenvalue weighted by Crippen LogP contribution is 2.05. The molecule has 0 saturated heterocycles. The zero-order valence-electron chi connectivity index (χ0n) is 13.0. The second-order valence-electron chi connectivity index (χ2n) is 5.46. The summed E-state index contributed by atoms with van der Waals surface area (Å²) in [4.78, 5) is 24.0. The molecule has 2 unspecified atom stereocenters. The Bertz CT molecular complexity index is 476. The van der Waals surface area contributed by atoms with Gasteiger partial charge in [-0.15, -0.1) is 0 Å². The summed E-state index contributed by atoms with van der Waals surface area (Å²) in [6, 6.07) is 8.72. The van der Waals surface area contributed by atoms with E-state index in [0.717, 1.165) is 5.56 Å². The molecular weight excluding hydrogens is 284 g/mol. The van der Waals surface area contributed by atoms with Crippen molar-refractivity contribution in [2.24, 2.45) is 5.92 Å². The SMILES string of the molecule is CC(C)C(NC(=O)C(O)CCO)C(=O)NCc1ccccc1. The molecule has 0 fully saturated rings. The Morgan fingerprint density at radius 3 is 2.32 bits per heavy atom. The molecule has 0 radical (unpaired) electrons. The van der Waals surface area contributed by atoms with Crippen molar-refractivity contribution < 1.29 is 19.8 Å². The molecule has 0 aliphatic rings. The van der Waals surface area contributed by atoms with Gasteiger partial charge in [-0.25, -0.2) is 0 Å². The van der Waals surface area contributed by atoms with Gasteiger partial charge in [-0.3, -0.25) is 9.59 Å². The lowest BCUT2D eigenvalue weighted by Crippen LogP contribution is -2.52. The minimum Gasteiger partial charge on any atom is -0.396 e. The molecular formula is C16H24N2O4. The molecule has 1 aromatic carbocycles. The fourth-order valence-corrected chi connectivity index (χ4v) is 1.93. The van der Waals surface area contributed by atoms with Crippen molar-refractivity contribution in [1.82, 2.24) is 10.6 Å². The Morgan fingerprint density at radius 2 is 1.77 bits per heavy atom. The fraction of sp³-hybridized carbons (Fsp3) is 0.500. The Labute approximate surface area is 130 Å². The van der Waals surface area contributed by atoms with E-state index in [1.54, 1.807) is 0 Å². The zero-order valence-corrected chi connectivity index (χ0v) is 13.0. The number of aliphatic hydroxyl groups excluding tert-OH is 2. The van der Waals surface area contributed by atoms with E-state index >= 15 is 0 Å². The van der Waals surface area contributed by atoms with Gasteiger partial charge in [-0.05, 0) is 11.5 Å². The number of carbonyl (C=O) groups is 2. The van der Waals surface area contributed by atoms with Gasteiger partial charge in [0.15, 0.2) is 0 Å². The molecule has 0 saturated carbocycles. The third kappa shape index (κ3) is 5.83. The van der Waals surface area contributed by atoms with Crippen LogP contribution in [0.4, 0.5) is 0 Å². The molecule has 0 aliphatic heterocycles. The average Bonchev–Trinajstić information content (AvgIpc) is 2.51. The van der Waals surface area contributed by atoms with Crippen molar-refractivity contribution in [2.75, 3.05) is 6.61 Å². The summed E-state index contributed by atoms with van der Waals surface area (Å²) in [5.41, 5.74) is 0.963. The third-order valence-electron chi connectivity index (χ3n) is 3.26. The van der Waals surface area contributed by atoms with Crippen LogP contribution >= 0.6 is 0 Å². The standard InChI is InChI=1S/C16H24N2O4/c1-11(2)14(18-15(21)13(20)8-9-19)16(22)17-10-12-6-4-3-5-7-12/h3-7,11,13-14,19-20H,8-10H2,1-2H3,(H,17,22)(H,18,21). The van der Waals surface area contributed by atoms with Crippen LogP contribution in [-0.2, 0) is 16.1 Å². The molecule has 1 aromatic rings. The van der Waals surface area contributed by atoms with Crippen LogP contribution in [0, 0.1) is 5.92 Å². The Kier molecular flexibility index (Phi) is 7.56. The van der Waals surface area contributed by atoms with Gasteiger partial charge in [-0.2, -0.15) is 0 Å². The number of amides is 2. The first-order valence-electron chi connectivity index (χ1n) is 7.36. The largest absolute Gasteiger partial charge is 0.396 e. The fourth-order valence-electron chi connectivity index (χ4n) is 1.93. The molecule has 2 atom stereocenters. The van der Waals surface area contributed by atoms with Crippen molar-refractivity contribution in [2.45, 2.75) is 39.0 Å². The summed E-state index contributed by atoms with van der Waals surface area (Å²) in [6.07, 6.45) is -1.37. The summed E-state index contributed by atoms with van der Waals surface area (Å²) in [6.45, 7) is 3.70. The summed E-state index contributed by atoms with van der Waals surface area (Å²) in [7, 11) is 0. The number of carbonyl (C=O) groups excluding carboxylic acids is 2. The van der Waals surface area contributed by atoms with Crippen LogP contribution in [0.15, 0.2) is 30.3 Å². The number of hydrogen-bond acceptors (Lipinski definition) is 4.